The molecule has 3 rings (SSSR count). The van der Waals surface area contributed by atoms with Crippen LogP contribution in [0.4, 0.5) is 0 Å². The molecule has 0 unspecified atom stereocenters. The second-order valence-corrected chi connectivity index (χ2v) is 5.44. The van der Waals surface area contributed by atoms with E-state index < -0.39 is 0 Å². The third kappa shape index (κ3) is 2.43. The fraction of sp³-hybridized carbons (Fsp3) is 0.571. The molecule has 0 aliphatic carbocycles. The van der Waals surface area contributed by atoms with Gasteiger partial charge in [0.15, 0.2) is 5.76 Å². The molecule has 2 bridgehead atoms. The Labute approximate surface area is 117 Å². The number of furan rings is 1. The second-order valence-electron chi connectivity index (χ2n) is 5.44. The molecular weight excluding hydrogens is 258 g/mol. The summed E-state index contributed by atoms with van der Waals surface area (Å²) in [5.74, 6) is 0.0956. The van der Waals surface area contributed by atoms with Crippen molar-refractivity contribution in [3.8, 4) is 0 Å². The van der Waals surface area contributed by atoms with E-state index in [0.717, 1.165) is 13.1 Å². The maximum absolute atomic E-state index is 12.4. The molecule has 2 aliphatic rings. The third-order valence-electron chi connectivity index (χ3n) is 4.02. The Balaban J connectivity index is 1.80. The monoisotopic (exact) mass is 277 g/mol. The zero-order chi connectivity index (χ0) is 14.1. The Kier molecular flexibility index (Phi) is 3.48. The van der Waals surface area contributed by atoms with E-state index >= 15 is 0 Å². The summed E-state index contributed by atoms with van der Waals surface area (Å²) in [7, 11) is 0. The molecule has 0 radical (unpaired) electrons. The first-order chi connectivity index (χ1) is 9.67. The van der Waals surface area contributed by atoms with Gasteiger partial charge in [-0.1, -0.05) is 6.92 Å². The van der Waals surface area contributed by atoms with Crippen LogP contribution in [-0.4, -0.2) is 60.4 Å². The summed E-state index contributed by atoms with van der Waals surface area (Å²) in [6, 6.07) is 3.36. The van der Waals surface area contributed by atoms with Crippen molar-refractivity contribution in [1.82, 2.24) is 15.1 Å². The highest BCUT2D eigenvalue weighted by Crippen LogP contribution is 2.18. The molecular formula is C14H19N3O3. The van der Waals surface area contributed by atoms with Gasteiger partial charge in [0, 0.05) is 26.2 Å². The number of nitrogens with one attached hydrogen (secondary N) is 1. The lowest BCUT2D eigenvalue weighted by Gasteiger charge is -2.32. The van der Waals surface area contributed by atoms with Gasteiger partial charge < -0.3 is 19.5 Å². The summed E-state index contributed by atoms with van der Waals surface area (Å²) in [5, 5.41) is 3.03. The van der Waals surface area contributed by atoms with Gasteiger partial charge in [0.05, 0.1) is 18.2 Å². The van der Waals surface area contributed by atoms with E-state index in [0.29, 0.717) is 25.4 Å². The molecule has 2 amide bonds. The highest BCUT2D eigenvalue weighted by atomic mass is 16.3. The van der Waals surface area contributed by atoms with Gasteiger partial charge in [-0.25, -0.2) is 0 Å². The van der Waals surface area contributed by atoms with E-state index in [2.05, 4.69) is 17.1 Å². The molecule has 3 heterocycles. The number of amides is 2. The molecule has 2 atom stereocenters. The maximum Gasteiger partial charge on any atom is 0.289 e. The molecule has 108 valence electrons. The zero-order valence-corrected chi connectivity index (χ0v) is 11.5. The number of hydrogen-bond donors (Lipinski definition) is 1. The Morgan fingerprint density at radius 1 is 1.40 bits per heavy atom. The van der Waals surface area contributed by atoms with E-state index in [4.69, 9.17) is 4.42 Å². The van der Waals surface area contributed by atoms with Crippen LogP contribution in [0, 0.1) is 5.92 Å². The van der Waals surface area contributed by atoms with Crippen molar-refractivity contribution < 1.29 is 14.0 Å². The fourth-order valence-electron chi connectivity index (χ4n) is 2.98. The maximum atomic E-state index is 12.4. The van der Waals surface area contributed by atoms with Gasteiger partial charge >= 0.3 is 0 Å². The number of fused-ring (bicyclic) bond motifs is 3. The molecule has 6 heteroatoms. The molecule has 0 saturated carbocycles. The molecule has 6 nitrogen and oxygen atoms in total. The van der Waals surface area contributed by atoms with Crippen LogP contribution in [0.2, 0.25) is 0 Å². The number of hydrogen-bond acceptors (Lipinski definition) is 4. The van der Waals surface area contributed by atoms with Gasteiger partial charge in [-0.3, -0.25) is 9.59 Å². The van der Waals surface area contributed by atoms with E-state index in [9.17, 15) is 9.59 Å². The molecule has 0 spiro atoms. The number of likely N-dealkylation sites (N-methyl/N-ethyl adjacent to an activating group) is 1. The molecule has 2 fully saturated rings. The third-order valence-corrected chi connectivity index (χ3v) is 4.02. The molecule has 2 saturated heterocycles. The second kappa shape index (κ2) is 5.28. The molecule has 2 aliphatic heterocycles. The van der Waals surface area contributed by atoms with Crippen LogP contribution in [-0.2, 0) is 4.79 Å². The van der Waals surface area contributed by atoms with Crippen LogP contribution in [0.3, 0.4) is 0 Å². The summed E-state index contributed by atoms with van der Waals surface area (Å²) < 4.78 is 5.17. The summed E-state index contributed by atoms with van der Waals surface area (Å²) in [4.78, 5) is 28.5. The number of carbonyl (C=O) groups is 2. The Bertz CT molecular complexity index is 500. The molecule has 1 aromatic heterocycles. The summed E-state index contributed by atoms with van der Waals surface area (Å²) in [6.45, 7) is 5.52. The molecule has 1 aromatic rings. The average Bonchev–Trinajstić information content (AvgIpc) is 2.84. The lowest BCUT2D eigenvalue weighted by molar-refractivity contribution is -0.124. The average molecular weight is 277 g/mol. The normalized spacial score (nSPS) is 27.1. The van der Waals surface area contributed by atoms with Crippen LogP contribution in [0.1, 0.15) is 17.5 Å². The van der Waals surface area contributed by atoms with Gasteiger partial charge in [0.1, 0.15) is 0 Å². The van der Waals surface area contributed by atoms with Gasteiger partial charge in [-0.2, -0.15) is 0 Å². The highest BCUT2D eigenvalue weighted by molar-refractivity contribution is 5.92. The Morgan fingerprint density at radius 3 is 2.95 bits per heavy atom. The lowest BCUT2D eigenvalue weighted by Crippen LogP contribution is -2.48. The van der Waals surface area contributed by atoms with E-state index in [1.54, 1.807) is 17.0 Å². The molecule has 1 N–H and O–H groups in total. The minimum atomic E-state index is -0.165. The molecule has 0 aromatic carbocycles. The van der Waals surface area contributed by atoms with Crippen molar-refractivity contribution in [3.63, 3.8) is 0 Å². The largest absolute Gasteiger partial charge is 0.459 e. The summed E-state index contributed by atoms with van der Waals surface area (Å²) in [6.07, 6.45) is 1.49. The van der Waals surface area contributed by atoms with Crippen LogP contribution in [0.5, 0.6) is 0 Å². The minimum Gasteiger partial charge on any atom is -0.459 e. The van der Waals surface area contributed by atoms with Crippen LogP contribution >= 0.6 is 0 Å². The van der Waals surface area contributed by atoms with Crippen LogP contribution in [0.15, 0.2) is 22.8 Å². The minimum absolute atomic E-state index is 0.00568. The fourth-order valence-corrected chi connectivity index (χ4v) is 2.98. The number of carbonyl (C=O) groups excluding carboxylic acids is 2. The van der Waals surface area contributed by atoms with Gasteiger partial charge in [-0.05, 0) is 18.7 Å². The molecule has 20 heavy (non-hydrogen) atoms. The predicted octanol–water partition coefficient (Wildman–Crippen LogP) is 0.172. The van der Waals surface area contributed by atoms with Crippen molar-refractivity contribution in [2.24, 2.45) is 5.92 Å². The van der Waals surface area contributed by atoms with Crippen molar-refractivity contribution in [2.45, 2.75) is 13.0 Å². The van der Waals surface area contributed by atoms with Crippen LogP contribution in [0.25, 0.3) is 0 Å². The lowest BCUT2D eigenvalue weighted by atomic mass is 10.1. The summed E-state index contributed by atoms with van der Waals surface area (Å²) in [5.41, 5.74) is 0. The van der Waals surface area contributed by atoms with E-state index in [1.807, 2.05) is 0 Å². The first-order valence-corrected chi connectivity index (χ1v) is 7.03. The van der Waals surface area contributed by atoms with E-state index in [-0.39, 0.29) is 23.8 Å². The number of nitrogens with zero attached hydrogens (tertiary/aromatic N) is 2. The van der Waals surface area contributed by atoms with Crippen molar-refractivity contribution in [2.75, 3.05) is 32.7 Å². The smallest absolute Gasteiger partial charge is 0.289 e. The van der Waals surface area contributed by atoms with Gasteiger partial charge in [0.2, 0.25) is 5.91 Å². The van der Waals surface area contributed by atoms with Crippen molar-refractivity contribution >= 4 is 11.8 Å². The first kappa shape index (κ1) is 13.2. The van der Waals surface area contributed by atoms with Crippen LogP contribution < -0.4 is 5.32 Å². The van der Waals surface area contributed by atoms with Gasteiger partial charge in [-0.15, -0.1) is 0 Å². The number of rotatable bonds is 2. The Morgan fingerprint density at radius 2 is 2.25 bits per heavy atom. The zero-order valence-electron chi connectivity index (χ0n) is 11.5. The highest BCUT2D eigenvalue weighted by Gasteiger charge is 2.37. The van der Waals surface area contributed by atoms with Crippen molar-refractivity contribution in [1.29, 1.82) is 0 Å². The Hall–Kier alpha value is -1.82. The van der Waals surface area contributed by atoms with E-state index in [1.165, 1.54) is 6.26 Å². The quantitative estimate of drug-likeness (QED) is 0.837. The predicted molar refractivity (Wildman–Crippen MR) is 72.1 cm³/mol. The van der Waals surface area contributed by atoms with Gasteiger partial charge in [0.25, 0.3) is 5.91 Å². The standard InChI is InChI=1S/C14H19N3O3/c1-2-16-6-10-7-17(9-11(8-16)15-13(10)18)14(19)12-4-3-5-20-12/h3-5,10-11H,2,6-9H2,1H3,(H,15,18)/t10-,11+/m1/s1. The SMILES string of the molecule is CCN1C[C@H]2CN(C(=O)c3ccco3)C[C@@H](C1)C(=O)N2. The topological polar surface area (TPSA) is 65.8 Å². The van der Waals surface area contributed by atoms with Crippen molar-refractivity contribution in [3.05, 3.63) is 24.2 Å². The summed E-state index contributed by atoms with van der Waals surface area (Å²) >= 11 is 0. The first-order valence-electron chi connectivity index (χ1n) is 7.03.